The quantitative estimate of drug-likeness (QED) is 0.605. The molecule has 3 nitrogen and oxygen atoms in total. The molecule has 0 atom stereocenters. The summed E-state index contributed by atoms with van der Waals surface area (Å²) in [5.74, 6) is 1.23. The van der Waals surface area contributed by atoms with Crippen molar-refractivity contribution in [1.29, 1.82) is 5.41 Å². The molecule has 0 heterocycles. The van der Waals surface area contributed by atoms with Gasteiger partial charge in [0.05, 0.1) is 12.4 Å². The van der Waals surface area contributed by atoms with Gasteiger partial charge in [0.2, 0.25) is 0 Å². The van der Waals surface area contributed by atoms with E-state index in [1.807, 2.05) is 12.1 Å². The number of hydrogen-bond acceptors (Lipinski definition) is 2. The molecular weight excluding hydrogens is 212 g/mol. The summed E-state index contributed by atoms with van der Waals surface area (Å²) in [6.45, 7) is 4.84. The first-order valence-corrected chi connectivity index (χ1v) is 6.04. The van der Waals surface area contributed by atoms with Crippen molar-refractivity contribution >= 4 is 5.84 Å². The van der Waals surface area contributed by atoms with Crippen molar-refractivity contribution in [3.05, 3.63) is 29.3 Å². The summed E-state index contributed by atoms with van der Waals surface area (Å²) < 4.78 is 5.89. The zero-order valence-corrected chi connectivity index (χ0v) is 10.5. The van der Waals surface area contributed by atoms with Crippen molar-refractivity contribution in [2.45, 2.75) is 33.1 Å². The fraction of sp³-hybridized carbons (Fsp3) is 0.500. The summed E-state index contributed by atoms with van der Waals surface area (Å²) in [4.78, 5) is 0. The highest BCUT2D eigenvalue weighted by atomic mass is 16.5. The summed E-state index contributed by atoms with van der Waals surface area (Å²) in [6.07, 6.45) is 2.91. The molecule has 1 aliphatic rings. The number of benzene rings is 1. The Balaban J connectivity index is 1.98. The highest BCUT2D eigenvalue weighted by molar-refractivity contribution is 5.78. The van der Waals surface area contributed by atoms with E-state index < -0.39 is 0 Å². The smallest absolute Gasteiger partial charge is 0.122 e. The van der Waals surface area contributed by atoms with Crippen molar-refractivity contribution < 1.29 is 4.74 Å². The van der Waals surface area contributed by atoms with Gasteiger partial charge in [-0.05, 0) is 43.9 Å². The molecule has 3 N–H and O–H groups in total. The van der Waals surface area contributed by atoms with Gasteiger partial charge in [0, 0.05) is 11.8 Å². The summed E-state index contributed by atoms with van der Waals surface area (Å²) >= 11 is 0. The van der Waals surface area contributed by atoms with Crippen LogP contribution in [0.4, 0.5) is 0 Å². The first kappa shape index (κ1) is 12.0. The molecule has 1 saturated carbocycles. The number of hydrogen-bond donors (Lipinski definition) is 2. The lowest BCUT2D eigenvalue weighted by atomic mass is 10.0. The summed E-state index contributed by atoms with van der Waals surface area (Å²) in [7, 11) is 0. The Morgan fingerprint density at radius 2 is 2.12 bits per heavy atom. The van der Waals surface area contributed by atoms with Crippen molar-refractivity contribution in [2.75, 3.05) is 6.61 Å². The molecule has 1 aliphatic carbocycles. The Morgan fingerprint density at radius 1 is 1.41 bits per heavy atom. The predicted molar refractivity (Wildman–Crippen MR) is 69.6 cm³/mol. The molecule has 0 unspecified atom stereocenters. The Kier molecular flexibility index (Phi) is 3.09. The first-order chi connectivity index (χ1) is 8.02. The highest BCUT2D eigenvalue weighted by Gasteiger charge is 2.44. The van der Waals surface area contributed by atoms with Gasteiger partial charge >= 0.3 is 0 Å². The molecule has 1 aromatic carbocycles. The normalized spacial score (nSPS) is 16.6. The summed E-state index contributed by atoms with van der Waals surface area (Å²) in [5, 5.41) is 7.37. The lowest BCUT2D eigenvalue weighted by Crippen LogP contribution is -2.22. The summed E-state index contributed by atoms with van der Waals surface area (Å²) in [6, 6.07) is 6.11. The van der Waals surface area contributed by atoms with Crippen LogP contribution in [-0.2, 0) is 0 Å². The monoisotopic (exact) mass is 232 g/mol. The fourth-order valence-corrected chi connectivity index (χ4v) is 2.06. The van der Waals surface area contributed by atoms with Crippen molar-refractivity contribution in [3.63, 3.8) is 0 Å². The van der Waals surface area contributed by atoms with Gasteiger partial charge in [-0.1, -0.05) is 12.1 Å². The minimum Gasteiger partial charge on any atom is -0.493 e. The van der Waals surface area contributed by atoms with Crippen LogP contribution in [0.25, 0.3) is 0 Å². The van der Waals surface area contributed by atoms with E-state index in [2.05, 4.69) is 19.9 Å². The lowest BCUT2D eigenvalue weighted by molar-refractivity contribution is 0.237. The fourth-order valence-electron chi connectivity index (χ4n) is 2.06. The van der Waals surface area contributed by atoms with Gasteiger partial charge < -0.3 is 10.5 Å². The number of rotatable bonds is 5. The van der Waals surface area contributed by atoms with E-state index in [1.165, 1.54) is 11.1 Å². The van der Waals surface area contributed by atoms with Crippen LogP contribution < -0.4 is 10.5 Å². The van der Waals surface area contributed by atoms with Crippen molar-refractivity contribution in [2.24, 2.45) is 11.1 Å². The van der Waals surface area contributed by atoms with E-state index in [9.17, 15) is 0 Å². The Morgan fingerprint density at radius 3 is 2.71 bits per heavy atom. The summed E-state index contributed by atoms with van der Waals surface area (Å²) in [5.41, 5.74) is 8.06. The van der Waals surface area contributed by atoms with Crippen LogP contribution in [0.3, 0.4) is 0 Å². The molecule has 0 aromatic heterocycles. The van der Waals surface area contributed by atoms with Gasteiger partial charge in [-0.3, -0.25) is 5.41 Å². The van der Waals surface area contributed by atoms with Crippen LogP contribution in [-0.4, -0.2) is 12.4 Å². The minimum absolute atomic E-state index is 0.141. The van der Waals surface area contributed by atoms with E-state index in [0.717, 1.165) is 18.6 Å². The number of aryl methyl sites for hydroxylation is 1. The lowest BCUT2D eigenvalue weighted by Gasteiger charge is -2.17. The third kappa shape index (κ3) is 2.78. The minimum atomic E-state index is 0.141. The van der Waals surface area contributed by atoms with Crippen LogP contribution >= 0.6 is 0 Å². The molecule has 1 fully saturated rings. The second kappa shape index (κ2) is 4.40. The van der Waals surface area contributed by atoms with E-state index in [4.69, 9.17) is 15.9 Å². The molecule has 0 amide bonds. The predicted octanol–water partition coefficient (Wildman–Crippen LogP) is 2.79. The molecule has 0 bridgehead atoms. The van der Waals surface area contributed by atoms with Gasteiger partial charge in [0.25, 0.3) is 0 Å². The molecule has 0 aliphatic heterocycles. The number of amidine groups is 1. The maximum atomic E-state index is 7.37. The number of nitrogens with one attached hydrogen (secondary N) is 1. The SMILES string of the molecule is Cc1cccc(OCC2(CC(=N)N)CC2)c1C. The third-order valence-electron chi connectivity index (χ3n) is 3.61. The maximum Gasteiger partial charge on any atom is 0.122 e. The topological polar surface area (TPSA) is 59.1 Å². The zero-order valence-electron chi connectivity index (χ0n) is 10.5. The average Bonchev–Trinajstić information content (AvgIpc) is 3.00. The van der Waals surface area contributed by atoms with E-state index in [0.29, 0.717) is 13.0 Å². The Labute approximate surface area is 102 Å². The van der Waals surface area contributed by atoms with E-state index in [1.54, 1.807) is 0 Å². The molecule has 0 radical (unpaired) electrons. The first-order valence-electron chi connectivity index (χ1n) is 6.04. The molecule has 2 rings (SSSR count). The van der Waals surface area contributed by atoms with Crippen LogP contribution in [0.2, 0.25) is 0 Å². The highest BCUT2D eigenvalue weighted by Crippen LogP contribution is 2.49. The maximum absolute atomic E-state index is 7.37. The van der Waals surface area contributed by atoms with E-state index >= 15 is 0 Å². The third-order valence-corrected chi connectivity index (χ3v) is 3.61. The Hall–Kier alpha value is -1.51. The zero-order chi connectivity index (χ0) is 12.5. The second-order valence-electron chi connectivity index (χ2n) is 5.19. The molecule has 3 heteroatoms. The standard InChI is InChI=1S/C14H20N2O/c1-10-4-3-5-12(11(10)2)17-9-14(6-7-14)8-13(15)16/h3-5H,6-9H2,1-2H3,(H3,15,16). The van der Waals surface area contributed by atoms with Crippen molar-refractivity contribution in [1.82, 2.24) is 0 Å². The van der Waals surface area contributed by atoms with Gasteiger partial charge in [-0.2, -0.15) is 0 Å². The van der Waals surface area contributed by atoms with Gasteiger partial charge in [0.1, 0.15) is 5.75 Å². The molecule has 0 saturated heterocycles. The van der Waals surface area contributed by atoms with Gasteiger partial charge in [-0.15, -0.1) is 0 Å². The molecule has 1 aromatic rings. The van der Waals surface area contributed by atoms with Crippen LogP contribution in [0, 0.1) is 24.7 Å². The number of nitrogens with two attached hydrogens (primary N) is 1. The largest absolute Gasteiger partial charge is 0.493 e. The molecule has 17 heavy (non-hydrogen) atoms. The Bertz CT molecular complexity index is 436. The van der Waals surface area contributed by atoms with Crippen molar-refractivity contribution in [3.8, 4) is 5.75 Å². The van der Waals surface area contributed by atoms with Crippen LogP contribution in [0.5, 0.6) is 5.75 Å². The molecular formula is C14H20N2O. The molecule has 0 spiro atoms. The number of ether oxygens (including phenoxy) is 1. The molecule has 92 valence electrons. The van der Waals surface area contributed by atoms with Crippen LogP contribution in [0.15, 0.2) is 18.2 Å². The second-order valence-corrected chi connectivity index (χ2v) is 5.19. The van der Waals surface area contributed by atoms with Gasteiger partial charge in [-0.25, -0.2) is 0 Å². The van der Waals surface area contributed by atoms with Gasteiger partial charge in [0.15, 0.2) is 0 Å². The van der Waals surface area contributed by atoms with Crippen LogP contribution in [0.1, 0.15) is 30.4 Å². The average molecular weight is 232 g/mol. The van der Waals surface area contributed by atoms with E-state index in [-0.39, 0.29) is 11.3 Å².